The van der Waals surface area contributed by atoms with Gasteiger partial charge in [-0.2, -0.15) is 0 Å². The second-order valence-electron chi connectivity index (χ2n) is 8.26. The lowest BCUT2D eigenvalue weighted by atomic mass is 9.96. The summed E-state index contributed by atoms with van der Waals surface area (Å²) in [6.07, 6.45) is 5.88. The van der Waals surface area contributed by atoms with E-state index in [4.69, 9.17) is 4.74 Å². The van der Waals surface area contributed by atoms with Gasteiger partial charge in [0.1, 0.15) is 5.75 Å². The van der Waals surface area contributed by atoms with Crippen LogP contribution in [0.3, 0.4) is 0 Å². The minimum atomic E-state index is 0.0195. The van der Waals surface area contributed by atoms with Gasteiger partial charge in [0.25, 0.3) is 0 Å². The predicted molar refractivity (Wildman–Crippen MR) is 126 cm³/mol. The van der Waals surface area contributed by atoms with Gasteiger partial charge in [-0.05, 0) is 37.1 Å². The van der Waals surface area contributed by atoms with Crippen molar-refractivity contribution in [3.63, 3.8) is 0 Å². The number of methoxy groups -OCH3 is 1. The van der Waals surface area contributed by atoms with Gasteiger partial charge < -0.3 is 19.4 Å². The summed E-state index contributed by atoms with van der Waals surface area (Å²) in [7, 11) is 1.69. The Bertz CT molecular complexity index is 1040. The molecule has 8 nitrogen and oxygen atoms in total. The predicted octanol–water partition coefficient (Wildman–Crippen LogP) is 2.90. The molecule has 0 N–H and O–H groups in total. The highest BCUT2D eigenvalue weighted by molar-refractivity contribution is 7.17. The zero-order valence-corrected chi connectivity index (χ0v) is 19.1. The van der Waals surface area contributed by atoms with E-state index in [-0.39, 0.29) is 11.8 Å². The third kappa shape index (κ3) is 4.29. The molecule has 3 aromatic rings. The zero-order valence-electron chi connectivity index (χ0n) is 18.3. The fourth-order valence-electron chi connectivity index (χ4n) is 4.51. The lowest BCUT2D eigenvalue weighted by molar-refractivity contribution is -0.136. The molecule has 4 heterocycles. The molecular formula is C23H28N6O2S. The number of carbonyl (C=O) groups is 1. The van der Waals surface area contributed by atoms with Gasteiger partial charge in [0.2, 0.25) is 16.2 Å². The number of hydrogen-bond donors (Lipinski definition) is 0. The van der Waals surface area contributed by atoms with E-state index < -0.39 is 0 Å². The average molecular weight is 453 g/mol. The topological polar surface area (TPSA) is 66.7 Å². The molecule has 2 aliphatic heterocycles. The van der Waals surface area contributed by atoms with Crippen molar-refractivity contribution >= 4 is 28.1 Å². The Kier molecular flexibility index (Phi) is 5.98. The van der Waals surface area contributed by atoms with E-state index in [1.807, 2.05) is 46.1 Å². The molecule has 32 heavy (non-hydrogen) atoms. The van der Waals surface area contributed by atoms with Crippen molar-refractivity contribution in [1.29, 1.82) is 0 Å². The number of aromatic nitrogens is 3. The monoisotopic (exact) mass is 452 g/mol. The number of rotatable bonds is 5. The Hall–Kier alpha value is -3.07. The molecule has 2 aliphatic rings. The maximum Gasteiger partial charge on any atom is 0.227 e. The first kappa shape index (κ1) is 20.8. The Balaban J connectivity index is 1.19. The van der Waals surface area contributed by atoms with E-state index in [9.17, 15) is 4.79 Å². The van der Waals surface area contributed by atoms with E-state index in [1.165, 1.54) is 0 Å². The average Bonchev–Trinajstić information content (AvgIpc) is 3.56. The number of benzene rings is 1. The van der Waals surface area contributed by atoms with Crippen LogP contribution >= 0.6 is 11.3 Å². The van der Waals surface area contributed by atoms with Gasteiger partial charge in [-0.1, -0.05) is 17.4 Å². The maximum absolute atomic E-state index is 13.3. The quantitative estimate of drug-likeness (QED) is 0.593. The van der Waals surface area contributed by atoms with Crippen LogP contribution in [0.1, 0.15) is 12.8 Å². The summed E-state index contributed by atoms with van der Waals surface area (Å²) in [5.74, 6) is 1.15. The number of anilines is 2. The van der Waals surface area contributed by atoms with E-state index in [1.54, 1.807) is 18.4 Å². The van der Waals surface area contributed by atoms with Gasteiger partial charge >= 0.3 is 0 Å². The van der Waals surface area contributed by atoms with Crippen molar-refractivity contribution in [2.45, 2.75) is 12.8 Å². The Morgan fingerprint density at radius 3 is 2.56 bits per heavy atom. The SMILES string of the molecule is COc1cccc(N2CCN(C(=O)[C@@H]3CCCN(c4nnc(-n5cccc5)s4)C3)CC2)c1. The molecule has 5 rings (SSSR count). The molecule has 2 saturated heterocycles. The van der Waals surface area contributed by atoms with E-state index in [2.05, 4.69) is 32.1 Å². The molecule has 0 unspecified atom stereocenters. The number of amides is 1. The zero-order chi connectivity index (χ0) is 21.9. The molecule has 1 aromatic carbocycles. The third-order valence-corrected chi connectivity index (χ3v) is 7.28. The first-order valence-corrected chi connectivity index (χ1v) is 11.9. The summed E-state index contributed by atoms with van der Waals surface area (Å²) >= 11 is 1.57. The van der Waals surface area contributed by atoms with Crippen LogP contribution in [-0.2, 0) is 4.79 Å². The molecule has 2 fully saturated rings. The van der Waals surface area contributed by atoms with Crippen molar-refractivity contribution in [2.75, 3.05) is 56.2 Å². The van der Waals surface area contributed by atoms with Crippen molar-refractivity contribution in [1.82, 2.24) is 19.7 Å². The number of piperazine rings is 1. The van der Waals surface area contributed by atoms with Crippen molar-refractivity contribution in [2.24, 2.45) is 5.92 Å². The number of ether oxygens (including phenoxy) is 1. The second-order valence-corrected chi connectivity index (χ2v) is 9.19. The lowest BCUT2D eigenvalue weighted by Gasteiger charge is -2.39. The fraction of sp³-hybridized carbons (Fsp3) is 0.435. The standard InChI is InChI=1S/C23H28N6O2S/c1-31-20-8-4-7-19(16-20)26-12-14-27(15-13-26)21(30)18-6-5-11-29(17-18)23-25-24-22(32-23)28-9-2-3-10-28/h2-4,7-10,16,18H,5-6,11-15,17H2,1H3/t18-/m1/s1. The summed E-state index contributed by atoms with van der Waals surface area (Å²) in [5.41, 5.74) is 1.15. The molecule has 0 spiro atoms. The lowest BCUT2D eigenvalue weighted by Crippen LogP contribution is -2.52. The van der Waals surface area contributed by atoms with Crippen LogP contribution in [0.5, 0.6) is 5.75 Å². The van der Waals surface area contributed by atoms with Crippen molar-refractivity contribution < 1.29 is 9.53 Å². The fourth-order valence-corrected chi connectivity index (χ4v) is 5.35. The minimum absolute atomic E-state index is 0.0195. The summed E-state index contributed by atoms with van der Waals surface area (Å²) in [5, 5.41) is 10.5. The molecule has 168 valence electrons. The number of hydrogen-bond acceptors (Lipinski definition) is 7. The highest BCUT2D eigenvalue weighted by Gasteiger charge is 2.32. The van der Waals surface area contributed by atoms with Crippen LogP contribution in [0.15, 0.2) is 48.8 Å². The summed E-state index contributed by atoms with van der Waals surface area (Å²) < 4.78 is 7.32. The highest BCUT2D eigenvalue weighted by atomic mass is 32.1. The van der Waals surface area contributed by atoms with E-state index in [0.717, 1.165) is 73.8 Å². The molecular weight excluding hydrogens is 424 g/mol. The number of piperidine rings is 1. The van der Waals surface area contributed by atoms with E-state index >= 15 is 0 Å². The highest BCUT2D eigenvalue weighted by Crippen LogP contribution is 2.29. The summed E-state index contributed by atoms with van der Waals surface area (Å²) in [6.45, 7) is 4.83. The molecule has 9 heteroatoms. The first-order valence-electron chi connectivity index (χ1n) is 11.1. The van der Waals surface area contributed by atoms with Crippen LogP contribution in [0, 0.1) is 5.92 Å². The molecule has 0 bridgehead atoms. The normalized spacial score (nSPS) is 19.3. The smallest absolute Gasteiger partial charge is 0.227 e. The largest absolute Gasteiger partial charge is 0.497 e. The van der Waals surface area contributed by atoms with Crippen molar-refractivity contribution in [3.8, 4) is 10.9 Å². The van der Waals surface area contributed by atoms with Crippen LogP contribution in [0.25, 0.3) is 5.13 Å². The molecule has 0 radical (unpaired) electrons. The molecule has 1 amide bonds. The minimum Gasteiger partial charge on any atom is -0.497 e. The Morgan fingerprint density at radius 2 is 1.78 bits per heavy atom. The maximum atomic E-state index is 13.3. The summed E-state index contributed by atoms with van der Waals surface area (Å²) in [4.78, 5) is 19.9. The van der Waals surface area contributed by atoms with E-state index in [0.29, 0.717) is 0 Å². The van der Waals surface area contributed by atoms with Crippen LogP contribution in [-0.4, -0.2) is 71.9 Å². The van der Waals surface area contributed by atoms with Gasteiger partial charge in [-0.3, -0.25) is 9.36 Å². The number of nitrogens with zero attached hydrogens (tertiary/aromatic N) is 6. The van der Waals surface area contributed by atoms with Crippen LogP contribution < -0.4 is 14.5 Å². The third-order valence-electron chi connectivity index (χ3n) is 6.28. The molecule has 2 aromatic heterocycles. The van der Waals surface area contributed by atoms with Gasteiger partial charge in [0, 0.05) is 63.4 Å². The van der Waals surface area contributed by atoms with Crippen LogP contribution in [0.4, 0.5) is 10.8 Å². The molecule has 0 saturated carbocycles. The van der Waals surface area contributed by atoms with Crippen LogP contribution in [0.2, 0.25) is 0 Å². The Labute approximate surface area is 192 Å². The van der Waals surface area contributed by atoms with Gasteiger partial charge in [0.15, 0.2) is 0 Å². The summed E-state index contributed by atoms with van der Waals surface area (Å²) in [6, 6.07) is 12.1. The van der Waals surface area contributed by atoms with Gasteiger partial charge in [-0.25, -0.2) is 0 Å². The van der Waals surface area contributed by atoms with Gasteiger partial charge in [-0.15, -0.1) is 10.2 Å². The van der Waals surface area contributed by atoms with Gasteiger partial charge in [0.05, 0.1) is 13.0 Å². The van der Waals surface area contributed by atoms with Crippen molar-refractivity contribution in [3.05, 3.63) is 48.8 Å². The Morgan fingerprint density at radius 1 is 1.00 bits per heavy atom. The molecule has 1 atom stereocenters. The second kappa shape index (κ2) is 9.20. The number of carbonyl (C=O) groups excluding carboxylic acids is 1. The first-order chi connectivity index (χ1) is 15.7. The molecule has 0 aliphatic carbocycles.